The Morgan fingerprint density at radius 1 is 1.18 bits per heavy atom. The molecule has 1 aromatic carbocycles. The molecule has 0 aliphatic carbocycles. The number of nitrogens with zero attached hydrogens (tertiary/aromatic N) is 2. The van der Waals surface area contributed by atoms with Gasteiger partial charge in [-0.05, 0) is 24.6 Å². The molecule has 0 aliphatic heterocycles. The Bertz CT molecular complexity index is 511. The molecule has 0 unspecified atom stereocenters. The van der Waals surface area contributed by atoms with Crippen molar-refractivity contribution in [3.63, 3.8) is 0 Å². The fourth-order valence-electron chi connectivity index (χ4n) is 1.89. The number of para-hydroxylation sites is 1. The lowest BCUT2D eigenvalue weighted by Gasteiger charge is -2.22. The number of halogens is 1. The lowest BCUT2D eigenvalue weighted by molar-refractivity contribution is 1.09. The van der Waals surface area contributed by atoms with Crippen LogP contribution in [0, 0.1) is 6.92 Å². The highest BCUT2D eigenvalue weighted by Gasteiger charge is 2.11. The Hall–Kier alpha value is -1.54. The summed E-state index contributed by atoms with van der Waals surface area (Å²) in [6.07, 6.45) is 1.79. The van der Waals surface area contributed by atoms with Gasteiger partial charge in [-0.3, -0.25) is 0 Å². The van der Waals surface area contributed by atoms with E-state index >= 15 is 0 Å². The van der Waals surface area contributed by atoms with Gasteiger partial charge in [-0.1, -0.05) is 24.3 Å². The van der Waals surface area contributed by atoms with Crippen molar-refractivity contribution in [2.75, 3.05) is 11.9 Å². The molecule has 0 spiro atoms. The van der Waals surface area contributed by atoms with Gasteiger partial charge in [0, 0.05) is 24.5 Å². The Labute approximate surface area is 107 Å². The van der Waals surface area contributed by atoms with Crippen LogP contribution in [0.3, 0.4) is 0 Å². The van der Waals surface area contributed by atoms with Crippen molar-refractivity contribution in [2.45, 2.75) is 12.8 Å². The van der Waals surface area contributed by atoms with Crippen LogP contribution in [0.15, 0.2) is 42.6 Å². The Morgan fingerprint density at radius 3 is 2.65 bits per heavy atom. The SMILES string of the molecule is Cc1ccccc1N(C)c1ncccc1CCl. The van der Waals surface area contributed by atoms with Crippen LogP contribution in [0.25, 0.3) is 0 Å². The number of anilines is 2. The lowest BCUT2D eigenvalue weighted by atomic mass is 10.1. The molecular formula is C14H15ClN2. The van der Waals surface area contributed by atoms with Crippen molar-refractivity contribution in [3.05, 3.63) is 53.7 Å². The number of benzene rings is 1. The third-order valence-electron chi connectivity index (χ3n) is 2.81. The molecule has 0 saturated heterocycles. The highest BCUT2D eigenvalue weighted by atomic mass is 35.5. The molecule has 0 N–H and O–H groups in total. The van der Waals surface area contributed by atoms with E-state index in [4.69, 9.17) is 11.6 Å². The summed E-state index contributed by atoms with van der Waals surface area (Å²) in [6.45, 7) is 2.09. The van der Waals surface area contributed by atoms with E-state index in [1.807, 2.05) is 31.3 Å². The largest absolute Gasteiger partial charge is 0.329 e. The van der Waals surface area contributed by atoms with Crippen LogP contribution in [-0.2, 0) is 5.88 Å². The normalized spacial score (nSPS) is 10.3. The van der Waals surface area contributed by atoms with Crippen molar-refractivity contribution in [1.82, 2.24) is 4.98 Å². The van der Waals surface area contributed by atoms with Gasteiger partial charge < -0.3 is 4.90 Å². The maximum atomic E-state index is 5.94. The van der Waals surface area contributed by atoms with Crippen molar-refractivity contribution >= 4 is 23.1 Å². The van der Waals surface area contributed by atoms with Crippen molar-refractivity contribution < 1.29 is 0 Å². The number of hydrogen-bond donors (Lipinski definition) is 0. The molecule has 88 valence electrons. The average Bonchev–Trinajstić information content (AvgIpc) is 2.38. The summed E-state index contributed by atoms with van der Waals surface area (Å²) in [6, 6.07) is 12.2. The van der Waals surface area contributed by atoms with Gasteiger partial charge in [-0.2, -0.15) is 0 Å². The van der Waals surface area contributed by atoms with Gasteiger partial charge in [0.05, 0.1) is 5.88 Å². The van der Waals surface area contributed by atoms with Crippen LogP contribution in [0.5, 0.6) is 0 Å². The second-order valence-electron chi connectivity index (χ2n) is 3.97. The van der Waals surface area contributed by atoms with Gasteiger partial charge in [-0.15, -0.1) is 11.6 Å². The van der Waals surface area contributed by atoms with Gasteiger partial charge in [0.2, 0.25) is 0 Å². The molecule has 0 amide bonds. The molecule has 2 nitrogen and oxygen atoms in total. The molecule has 2 rings (SSSR count). The third-order valence-corrected chi connectivity index (χ3v) is 3.09. The van der Waals surface area contributed by atoms with Crippen molar-refractivity contribution in [3.8, 4) is 0 Å². The van der Waals surface area contributed by atoms with Gasteiger partial charge in [0.15, 0.2) is 0 Å². The summed E-state index contributed by atoms with van der Waals surface area (Å²) in [7, 11) is 2.01. The number of aryl methyl sites for hydroxylation is 1. The van der Waals surface area contributed by atoms with Crippen LogP contribution in [0.4, 0.5) is 11.5 Å². The average molecular weight is 247 g/mol. The van der Waals surface area contributed by atoms with E-state index in [-0.39, 0.29) is 0 Å². The van der Waals surface area contributed by atoms with Gasteiger partial charge in [-0.25, -0.2) is 4.98 Å². The predicted molar refractivity (Wildman–Crippen MR) is 73.0 cm³/mol. The summed E-state index contributed by atoms with van der Waals surface area (Å²) in [5, 5.41) is 0. The summed E-state index contributed by atoms with van der Waals surface area (Å²) in [4.78, 5) is 6.48. The maximum Gasteiger partial charge on any atom is 0.137 e. The summed E-state index contributed by atoms with van der Waals surface area (Å²) in [5.74, 6) is 1.39. The second-order valence-corrected chi connectivity index (χ2v) is 4.23. The maximum absolute atomic E-state index is 5.94. The zero-order valence-corrected chi connectivity index (χ0v) is 10.8. The first-order valence-corrected chi connectivity index (χ1v) is 6.06. The second kappa shape index (κ2) is 5.19. The zero-order chi connectivity index (χ0) is 12.3. The molecule has 17 heavy (non-hydrogen) atoms. The Kier molecular flexibility index (Phi) is 3.64. The number of rotatable bonds is 3. The van der Waals surface area contributed by atoms with Crippen LogP contribution < -0.4 is 4.90 Å². The smallest absolute Gasteiger partial charge is 0.137 e. The summed E-state index contributed by atoms with van der Waals surface area (Å²) in [5.41, 5.74) is 3.42. The Balaban J connectivity index is 2.44. The molecule has 1 heterocycles. The number of aromatic nitrogens is 1. The van der Waals surface area contributed by atoms with Gasteiger partial charge >= 0.3 is 0 Å². The molecule has 0 saturated carbocycles. The molecule has 0 bridgehead atoms. The predicted octanol–water partition coefficient (Wildman–Crippen LogP) is 3.90. The molecule has 0 aliphatic rings. The first kappa shape index (κ1) is 11.9. The summed E-state index contributed by atoms with van der Waals surface area (Å²) < 4.78 is 0. The fraction of sp³-hybridized carbons (Fsp3) is 0.214. The van der Waals surface area contributed by atoms with E-state index in [2.05, 4.69) is 28.9 Å². The molecule has 3 heteroatoms. The highest BCUT2D eigenvalue weighted by molar-refractivity contribution is 6.17. The molecule has 0 atom stereocenters. The molecular weight excluding hydrogens is 232 g/mol. The Morgan fingerprint density at radius 2 is 1.94 bits per heavy atom. The zero-order valence-electron chi connectivity index (χ0n) is 10.0. The van der Waals surface area contributed by atoms with E-state index < -0.39 is 0 Å². The van der Waals surface area contributed by atoms with E-state index in [0.717, 1.165) is 17.1 Å². The quantitative estimate of drug-likeness (QED) is 0.764. The van der Waals surface area contributed by atoms with Crippen molar-refractivity contribution in [2.24, 2.45) is 0 Å². The van der Waals surface area contributed by atoms with Gasteiger partial charge in [0.1, 0.15) is 5.82 Å². The van der Waals surface area contributed by atoms with E-state index in [9.17, 15) is 0 Å². The molecule has 0 radical (unpaired) electrons. The first-order valence-electron chi connectivity index (χ1n) is 5.53. The minimum absolute atomic E-state index is 0.472. The number of alkyl halides is 1. The molecule has 1 aromatic heterocycles. The van der Waals surface area contributed by atoms with Crippen LogP contribution in [0.1, 0.15) is 11.1 Å². The molecule has 2 aromatic rings. The van der Waals surface area contributed by atoms with E-state index in [1.165, 1.54) is 5.56 Å². The lowest BCUT2D eigenvalue weighted by Crippen LogP contribution is -2.14. The monoisotopic (exact) mass is 246 g/mol. The number of pyridine rings is 1. The van der Waals surface area contributed by atoms with Crippen LogP contribution in [-0.4, -0.2) is 12.0 Å². The minimum Gasteiger partial charge on any atom is -0.329 e. The number of hydrogen-bond acceptors (Lipinski definition) is 2. The standard InChI is InChI=1S/C14H15ClN2/c1-11-6-3-4-8-13(11)17(2)14-12(10-15)7-5-9-16-14/h3-9H,10H2,1-2H3. The molecule has 0 fully saturated rings. The van der Waals surface area contributed by atoms with Crippen LogP contribution in [0.2, 0.25) is 0 Å². The summed E-state index contributed by atoms with van der Waals surface area (Å²) >= 11 is 5.94. The van der Waals surface area contributed by atoms with E-state index in [0.29, 0.717) is 5.88 Å². The minimum atomic E-state index is 0.472. The first-order chi connectivity index (χ1) is 8.24. The highest BCUT2D eigenvalue weighted by Crippen LogP contribution is 2.27. The van der Waals surface area contributed by atoms with Crippen LogP contribution >= 0.6 is 11.6 Å². The van der Waals surface area contributed by atoms with E-state index in [1.54, 1.807) is 6.20 Å². The fourth-order valence-corrected chi connectivity index (χ4v) is 2.10. The third kappa shape index (κ3) is 2.42. The topological polar surface area (TPSA) is 16.1 Å². The van der Waals surface area contributed by atoms with Gasteiger partial charge in [0.25, 0.3) is 0 Å². The van der Waals surface area contributed by atoms with Crippen molar-refractivity contribution in [1.29, 1.82) is 0 Å².